The van der Waals surface area contributed by atoms with Gasteiger partial charge in [-0.15, -0.1) is 11.3 Å². The zero-order valence-electron chi connectivity index (χ0n) is 14.3. The molecule has 3 aromatic rings. The van der Waals surface area contributed by atoms with Crippen LogP contribution in [-0.4, -0.2) is 62.5 Å². The van der Waals surface area contributed by atoms with Gasteiger partial charge in [-0.1, -0.05) is 0 Å². The number of thiazole rings is 1. The molecule has 8 heteroatoms. The van der Waals surface area contributed by atoms with Gasteiger partial charge in [0.1, 0.15) is 5.56 Å². The first-order chi connectivity index (χ1) is 12.1. The lowest BCUT2D eigenvalue weighted by atomic mass is 10.0. The Bertz CT molecular complexity index is 888. The van der Waals surface area contributed by atoms with Crippen LogP contribution in [0.1, 0.15) is 33.3 Å². The monoisotopic (exact) mass is 356 g/mol. The molecule has 0 unspecified atom stereocenters. The maximum Gasteiger partial charge on any atom is 0.258 e. The van der Waals surface area contributed by atoms with Gasteiger partial charge in [0, 0.05) is 50.4 Å². The summed E-state index contributed by atoms with van der Waals surface area (Å²) in [6.07, 6.45) is 6.42. The number of rotatable bonds is 4. The molecule has 4 heterocycles. The standard InChI is InChI=1S/C17H20N6OS/c1-21(2)17(24)14-8-20-23-15(3-5-19-16(14)23)12-4-6-22(9-12)10-13-7-18-11-25-13/h3,5,7-8,11-12H,4,6,9-10H2,1-2H3/t12-/m1/s1. The van der Waals surface area contributed by atoms with Gasteiger partial charge in [0.25, 0.3) is 5.91 Å². The third kappa shape index (κ3) is 3.03. The number of amides is 1. The fourth-order valence-electron chi connectivity index (χ4n) is 3.37. The quantitative estimate of drug-likeness (QED) is 0.714. The maximum atomic E-state index is 12.3. The number of likely N-dealkylation sites (tertiary alicyclic amines) is 1. The number of carbonyl (C=O) groups is 1. The van der Waals surface area contributed by atoms with Crippen LogP contribution < -0.4 is 0 Å². The molecule has 1 amide bonds. The summed E-state index contributed by atoms with van der Waals surface area (Å²) >= 11 is 1.70. The Labute approximate surface area is 149 Å². The molecule has 1 aliphatic heterocycles. The van der Waals surface area contributed by atoms with E-state index in [1.54, 1.807) is 42.7 Å². The highest BCUT2D eigenvalue weighted by Gasteiger charge is 2.27. The van der Waals surface area contributed by atoms with E-state index in [2.05, 4.69) is 20.0 Å². The SMILES string of the molecule is CN(C)C(=O)c1cnn2c([C@@H]3CCN(Cc4cncs4)C3)ccnc12. The molecule has 0 radical (unpaired) electrons. The third-order valence-corrected chi connectivity index (χ3v) is 5.39. The minimum absolute atomic E-state index is 0.0714. The smallest absolute Gasteiger partial charge is 0.258 e. The van der Waals surface area contributed by atoms with E-state index in [9.17, 15) is 4.79 Å². The minimum Gasteiger partial charge on any atom is -0.345 e. The normalized spacial score (nSPS) is 18.1. The van der Waals surface area contributed by atoms with E-state index >= 15 is 0 Å². The van der Waals surface area contributed by atoms with Crippen molar-refractivity contribution in [2.24, 2.45) is 0 Å². The molecule has 7 nitrogen and oxygen atoms in total. The lowest BCUT2D eigenvalue weighted by molar-refractivity contribution is 0.0829. The summed E-state index contributed by atoms with van der Waals surface area (Å²) in [5.74, 6) is 0.318. The molecule has 0 N–H and O–H groups in total. The molecule has 0 bridgehead atoms. The van der Waals surface area contributed by atoms with Crippen molar-refractivity contribution in [3.05, 3.63) is 46.3 Å². The van der Waals surface area contributed by atoms with Crippen LogP contribution in [0.25, 0.3) is 5.65 Å². The molecule has 3 aromatic heterocycles. The number of hydrogen-bond acceptors (Lipinski definition) is 6. The fourth-order valence-corrected chi connectivity index (χ4v) is 4.00. The van der Waals surface area contributed by atoms with Crippen LogP contribution in [0.5, 0.6) is 0 Å². The molecule has 0 spiro atoms. The Balaban J connectivity index is 1.59. The van der Waals surface area contributed by atoms with Crippen LogP contribution in [0.3, 0.4) is 0 Å². The second-order valence-corrected chi connectivity index (χ2v) is 7.52. The van der Waals surface area contributed by atoms with E-state index in [4.69, 9.17) is 0 Å². The highest BCUT2D eigenvalue weighted by atomic mass is 32.1. The van der Waals surface area contributed by atoms with Crippen LogP contribution in [0.4, 0.5) is 0 Å². The molecular formula is C17H20N6OS. The summed E-state index contributed by atoms with van der Waals surface area (Å²) in [4.78, 5) is 26.1. The average molecular weight is 356 g/mol. The van der Waals surface area contributed by atoms with Crippen molar-refractivity contribution in [1.82, 2.24) is 29.4 Å². The first-order valence-electron chi connectivity index (χ1n) is 8.27. The van der Waals surface area contributed by atoms with E-state index in [1.165, 1.54) is 4.88 Å². The lowest BCUT2D eigenvalue weighted by Crippen LogP contribution is -2.22. The van der Waals surface area contributed by atoms with Gasteiger partial charge in [0.05, 0.1) is 17.4 Å². The lowest BCUT2D eigenvalue weighted by Gasteiger charge is -2.15. The van der Waals surface area contributed by atoms with Crippen LogP contribution >= 0.6 is 11.3 Å². The first kappa shape index (κ1) is 16.2. The minimum atomic E-state index is -0.0714. The van der Waals surface area contributed by atoms with Gasteiger partial charge in [0.2, 0.25) is 0 Å². The number of fused-ring (bicyclic) bond motifs is 1. The predicted molar refractivity (Wildman–Crippen MR) is 95.8 cm³/mol. The van der Waals surface area contributed by atoms with Crippen molar-refractivity contribution >= 4 is 22.9 Å². The molecule has 0 aliphatic carbocycles. The van der Waals surface area contributed by atoms with Gasteiger partial charge in [-0.25, -0.2) is 9.50 Å². The average Bonchev–Trinajstić information content (AvgIpc) is 3.34. The van der Waals surface area contributed by atoms with Crippen molar-refractivity contribution in [2.75, 3.05) is 27.2 Å². The van der Waals surface area contributed by atoms with Crippen LogP contribution in [0, 0.1) is 0 Å². The number of aromatic nitrogens is 4. The number of carbonyl (C=O) groups excluding carboxylic acids is 1. The maximum absolute atomic E-state index is 12.3. The summed E-state index contributed by atoms with van der Waals surface area (Å²) < 4.78 is 1.83. The van der Waals surface area contributed by atoms with E-state index in [1.807, 2.05) is 22.3 Å². The molecule has 1 aliphatic rings. The van der Waals surface area contributed by atoms with Gasteiger partial charge < -0.3 is 4.90 Å². The second-order valence-electron chi connectivity index (χ2n) is 6.55. The van der Waals surface area contributed by atoms with Crippen LogP contribution in [-0.2, 0) is 6.54 Å². The Morgan fingerprint density at radius 1 is 1.40 bits per heavy atom. The number of hydrogen-bond donors (Lipinski definition) is 0. The highest BCUT2D eigenvalue weighted by Crippen LogP contribution is 2.29. The van der Waals surface area contributed by atoms with Gasteiger partial charge in [0.15, 0.2) is 5.65 Å². The van der Waals surface area contributed by atoms with Crippen molar-refractivity contribution in [3.8, 4) is 0 Å². The summed E-state index contributed by atoms with van der Waals surface area (Å²) in [5.41, 5.74) is 4.18. The summed E-state index contributed by atoms with van der Waals surface area (Å²) in [5, 5.41) is 4.45. The fraction of sp³-hybridized carbons (Fsp3) is 0.412. The zero-order valence-corrected chi connectivity index (χ0v) is 15.1. The molecule has 25 heavy (non-hydrogen) atoms. The molecule has 0 aromatic carbocycles. The van der Waals surface area contributed by atoms with E-state index in [0.29, 0.717) is 17.1 Å². The second kappa shape index (κ2) is 6.53. The highest BCUT2D eigenvalue weighted by molar-refractivity contribution is 7.09. The molecule has 0 saturated carbocycles. The Hall–Kier alpha value is -2.32. The van der Waals surface area contributed by atoms with Gasteiger partial charge in [-0.2, -0.15) is 5.10 Å². The van der Waals surface area contributed by atoms with Gasteiger partial charge in [-0.3, -0.25) is 14.7 Å². The largest absolute Gasteiger partial charge is 0.345 e. The van der Waals surface area contributed by atoms with Gasteiger partial charge in [-0.05, 0) is 19.0 Å². The summed E-state index contributed by atoms with van der Waals surface area (Å²) in [6.45, 7) is 2.98. The Morgan fingerprint density at radius 2 is 2.28 bits per heavy atom. The predicted octanol–water partition coefficient (Wildman–Crippen LogP) is 1.88. The third-order valence-electron chi connectivity index (χ3n) is 4.62. The molecule has 4 rings (SSSR count). The molecule has 1 saturated heterocycles. The Morgan fingerprint density at radius 3 is 3.04 bits per heavy atom. The van der Waals surface area contributed by atoms with E-state index in [-0.39, 0.29) is 5.91 Å². The van der Waals surface area contributed by atoms with Crippen molar-refractivity contribution in [3.63, 3.8) is 0 Å². The topological polar surface area (TPSA) is 66.6 Å². The molecular weight excluding hydrogens is 336 g/mol. The zero-order chi connectivity index (χ0) is 17.4. The van der Waals surface area contributed by atoms with Crippen LogP contribution in [0.15, 0.2) is 30.2 Å². The molecule has 130 valence electrons. The molecule has 1 fully saturated rings. The van der Waals surface area contributed by atoms with Crippen molar-refractivity contribution in [2.45, 2.75) is 18.9 Å². The summed E-state index contributed by atoms with van der Waals surface area (Å²) in [7, 11) is 3.48. The van der Waals surface area contributed by atoms with Crippen molar-refractivity contribution < 1.29 is 4.79 Å². The molecule has 1 atom stereocenters. The van der Waals surface area contributed by atoms with Crippen LogP contribution in [0.2, 0.25) is 0 Å². The summed E-state index contributed by atoms with van der Waals surface area (Å²) in [6, 6.07) is 2.02. The Kier molecular flexibility index (Phi) is 4.22. The van der Waals surface area contributed by atoms with E-state index in [0.717, 1.165) is 31.7 Å². The van der Waals surface area contributed by atoms with E-state index < -0.39 is 0 Å². The van der Waals surface area contributed by atoms with Crippen molar-refractivity contribution in [1.29, 1.82) is 0 Å². The van der Waals surface area contributed by atoms with Gasteiger partial charge >= 0.3 is 0 Å². The number of nitrogens with zero attached hydrogens (tertiary/aromatic N) is 6. The first-order valence-corrected chi connectivity index (χ1v) is 9.15.